The van der Waals surface area contributed by atoms with Crippen molar-refractivity contribution in [2.75, 3.05) is 0 Å². The summed E-state index contributed by atoms with van der Waals surface area (Å²) in [5.74, 6) is 0.146. The molecule has 0 radical (unpaired) electrons. The maximum absolute atomic E-state index is 13.0. The van der Waals surface area contributed by atoms with E-state index in [0.29, 0.717) is 24.3 Å². The highest BCUT2D eigenvalue weighted by atomic mass is 35.5. The highest BCUT2D eigenvalue weighted by Crippen LogP contribution is 2.29. The summed E-state index contributed by atoms with van der Waals surface area (Å²) in [4.78, 5) is 15.3. The molecule has 1 saturated heterocycles. The molecule has 1 fully saturated rings. The Morgan fingerprint density at radius 3 is 3.00 bits per heavy atom. The fourth-order valence-electron chi connectivity index (χ4n) is 1.96. The topological polar surface area (TPSA) is 68.0 Å². The van der Waals surface area contributed by atoms with E-state index in [0.717, 1.165) is 0 Å². The normalized spacial score (nSPS) is 18.6. The van der Waals surface area contributed by atoms with Crippen LogP contribution in [0, 0.1) is 5.82 Å². The minimum Gasteiger partial charge on any atom is -0.344 e. The first-order valence-electron chi connectivity index (χ1n) is 5.72. The maximum atomic E-state index is 13.0. The maximum Gasteiger partial charge on any atom is 0.249 e. The Kier molecular flexibility index (Phi) is 2.94. The van der Waals surface area contributed by atoms with Crippen molar-refractivity contribution in [1.29, 1.82) is 0 Å². The Hall–Kier alpha value is -1.95. The van der Waals surface area contributed by atoms with E-state index < -0.39 is 5.82 Å². The molecule has 19 heavy (non-hydrogen) atoms. The third kappa shape index (κ3) is 2.31. The average molecular weight is 282 g/mol. The molecule has 1 aromatic heterocycles. The van der Waals surface area contributed by atoms with E-state index in [2.05, 4.69) is 15.5 Å². The predicted molar refractivity (Wildman–Crippen MR) is 64.8 cm³/mol. The standard InChI is InChI=1S/C12H9ClFN3O2/c13-8-5-6(14)1-2-7(8)11-16-12(19-17-11)9-3-4-10(18)15-9/h1-2,5,9H,3-4H2,(H,15,18). The zero-order valence-corrected chi connectivity index (χ0v) is 10.4. The molecule has 3 rings (SSSR count). The van der Waals surface area contributed by atoms with Crippen LogP contribution in [-0.2, 0) is 4.79 Å². The molecule has 5 nitrogen and oxygen atoms in total. The molecule has 98 valence electrons. The summed E-state index contributed by atoms with van der Waals surface area (Å²) in [6, 6.07) is 3.69. The van der Waals surface area contributed by atoms with Crippen molar-refractivity contribution < 1.29 is 13.7 Å². The highest BCUT2D eigenvalue weighted by Gasteiger charge is 2.27. The zero-order valence-electron chi connectivity index (χ0n) is 9.69. The molecule has 1 atom stereocenters. The van der Waals surface area contributed by atoms with E-state index in [4.69, 9.17) is 16.1 Å². The van der Waals surface area contributed by atoms with Crippen molar-refractivity contribution in [1.82, 2.24) is 15.5 Å². The van der Waals surface area contributed by atoms with Crippen LogP contribution in [0.25, 0.3) is 11.4 Å². The van der Waals surface area contributed by atoms with Gasteiger partial charge in [0.05, 0.1) is 5.02 Å². The van der Waals surface area contributed by atoms with Crippen LogP contribution in [0.1, 0.15) is 24.8 Å². The van der Waals surface area contributed by atoms with Crippen molar-refractivity contribution in [3.63, 3.8) is 0 Å². The highest BCUT2D eigenvalue weighted by molar-refractivity contribution is 6.33. The fourth-order valence-corrected chi connectivity index (χ4v) is 2.21. The summed E-state index contributed by atoms with van der Waals surface area (Å²) in [5, 5.41) is 6.74. The molecule has 1 aliphatic rings. The largest absolute Gasteiger partial charge is 0.344 e. The molecular weight excluding hydrogens is 273 g/mol. The van der Waals surface area contributed by atoms with Gasteiger partial charge in [-0.3, -0.25) is 4.79 Å². The first-order chi connectivity index (χ1) is 9.13. The van der Waals surface area contributed by atoms with Gasteiger partial charge >= 0.3 is 0 Å². The van der Waals surface area contributed by atoms with Crippen LogP contribution in [0.4, 0.5) is 4.39 Å². The first kappa shape index (κ1) is 12.1. The van der Waals surface area contributed by atoms with Gasteiger partial charge in [0.15, 0.2) is 0 Å². The molecule has 2 aromatic rings. The number of carbonyl (C=O) groups excluding carboxylic acids is 1. The molecule has 1 aliphatic heterocycles. The Morgan fingerprint density at radius 2 is 2.32 bits per heavy atom. The number of hydrogen-bond acceptors (Lipinski definition) is 4. The van der Waals surface area contributed by atoms with Gasteiger partial charge in [0.25, 0.3) is 0 Å². The Labute approximate surface area is 112 Å². The number of aromatic nitrogens is 2. The quantitative estimate of drug-likeness (QED) is 0.918. The fraction of sp³-hybridized carbons (Fsp3) is 0.250. The van der Waals surface area contributed by atoms with Gasteiger partial charge in [-0.2, -0.15) is 4.98 Å². The smallest absolute Gasteiger partial charge is 0.249 e. The second-order valence-corrected chi connectivity index (χ2v) is 4.65. The van der Waals surface area contributed by atoms with Gasteiger partial charge in [-0.25, -0.2) is 4.39 Å². The first-order valence-corrected chi connectivity index (χ1v) is 6.09. The van der Waals surface area contributed by atoms with Crippen molar-refractivity contribution >= 4 is 17.5 Å². The molecule has 1 aromatic carbocycles. The molecular formula is C12H9ClFN3O2. The SMILES string of the molecule is O=C1CCC(c2nc(-c3ccc(F)cc3Cl)no2)N1. The second kappa shape index (κ2) is 4.62. The third-order valence-electron chi connectivity index (χ3n) is 2.91. The van der Waals surface area contributed by atoms with Gasteiger partial charge in [0, 0.05) is 12.0 Å². The number of nitrogens with zero attached hydrogens (tertiary/aromatic N) is 2. The van der Waals surface area contributed by atoms with Crippen molar-refractivity contribution in [2.24, 2.45) is 0 Å². The summed E-state index contributed by atoms with van der Waals surface area (Å²) in [6.45, 7) is 0. The molecule has 1 N–H and O–H groups in total. The summed E-state index contributed by atoms with van der Waals surface area (Å²) in [6.07, 6.45) is 1.07. The van der Waals surface area contributed by atoms with E-state index in [1.165, 1.54) is 18.2 Å². The number of nitrogens with one attached hydrogen (secondary N) is 1. The van der Waals surface area contributed by atoms with Crippen LogP contribution in [0.15, 0.2) is 22.7 Å². The number of hydrogen-bond donors (Lipinski definition) is 1. The van der Waals surface area contributed by atoms with E-state index in [-0.39, 0.29) is 22.8 Å². The average Bonchev–Trinajstić information content (AvgIpc) is 2.97. The van der Waals surface area contributed by atoms with Gasteiger partial charge in [-0.15, -0.1) is 0 Å². The van der Waals surface area contributed by atoms with Crippen LogP contribution in [0.5, 0.6) is 0 Å². The number of halogens is 2. The molecule has 0 spiro atoms. The van der Waals surface area contributed by atoms with Crippen LogP contribution in [0.3, 0.4) is 0 Å². The Balaban J connectivity index is 1.90. The van der Waals surface area contributed by atoms with Gasteiger partial charge < -0.3 is 9.84 Å². The van der Waals surface area contributed by atoms with Crippen LogP contribution in [0.2, 0.25) is 5.02 Å². The molecule has 1 unspecified atom stereocenters. The lowest BCUT2D eigenvalue weighted by Gasteiger charge is -2.01. The lowest BCUT2D eigenvalue weighted by molar-refractivity contribution is -0.119. The van der Waals surface area contributed by atoms with Crippen molar-refractivity contribution in [3.8, 4) is 11.4 Å². The minimum absolute atomic E-state index is 0.0374. The minimum atomic E-state index is -0.430. The van der Waals surface area contributed by atoms with Gasteiger partial charge in [-0.05, 0) is 24.6 Å². The van der Waals surface area contributed by atoms with Gasteiger partial charge in [-0.1, -0.05) is 16.8 Å². The van der Waals surface area contributed by atoms with E-state index >= 15 is 0 Å². The molecule has 0 aliphatic carbocycles. The van der Waals surface area contributed by atoms with Crippen LogP contribution in [-0.4, -0.2) is 16.0 Å². The summed E-state index contributed by atoms with van der Waals surface area (Å²) in [7, 11) is 0. The summed E-state index contributed by atoms with van der Waals surface area (Å²) in [5.41, 5.74) is 0.488. The third-order valence-corrected chi connectivity index (χ3v) is 3.22. The molecule has 2 heterocycles. The number of benzene rings is 1. The lowest BCUT2D eigenvalue weighted by atomic mass is 10.2. The van der Waals surface area contributed by atoms with Crippen molar-refractivity contribution in [2.45, 2.75) is 18.9 Å². The Morgan fingerprint density at radius 1 is 1.47 bits per heavy atom. The lowest BCUT2D eigenvalue weighted by Crippen LogP contribution is -2.18. The molecule has 1 amide bonds. The van der Waals surface area contributed by atoms with E-state index in [9.17, 15) is 9.18 Å². The monoisotopic (exact) mass is 281 g/mol. The second-order valence-electron chi connectivity index (χ2n) is 4.24. The molecule has 0 bridgehead atoms. The van der Waals surface area contributed by atoms with Crippen LogP contribution >= 0.6 is 11.6 Å². The van der Waals surface area contributed by atoms with Gasteiger partial charge in [0.1, 0.15) is 11.9 Å². The van der Waals surface area contributed by atoms with Crippen molar-refractivity contribution in [3.05, 3.63) is 34.9 Å². The Bertz CT molecular complexity index is 644. The van der Waals surface area contributed by atoms with E-state index in [1.54, 1.807) is 0 Å². The van der Waals surface area contributed by atoms with Gasteiger partial charge in [0.2, 0.25) is 17.6 Å². The number of rotatable bonds is 2. The molecule has 0 saturated carbocycles. The van der Waals surface area contributed by atoms with Crippen LogP contribution < -0.4 is 5.32 Å². The zero-order chi connectivity index (χ0) is 13.4. The summed E-state index contributed by atoms with van der Waals surface area (Å²) >= 11 is 5.92. The summed E-state index contributed by atoms with van der Waals surface area (Å²) < 4.78 is 18.1. The van der Waals surface area contributed by atoms with E-state index in [1.807, 2.05) is 0 Å². The number of amides is 1. The number of carbonyl (C=O) groups is 1. The predicted octanol–water partition coefficient (Wildman–Crippen LogP) is 2.48. The molecule has 7 heteroatoms.